The molecule has 9 heteroatoms. The van der Waals surface area contributed by atoms with Gasteiger partial charge in [-0.05, 0) is 19.4 Å². The second-order valence-electron chi connectivity index (χ2n) is 3.01. The van der Waals surface area contributed by atoms with Gasteiger partial charge in [0.2, 0.25) is 0 Å². The zero-order valence-corrected chi connectivity index (χ0v) is 13.6. The van der Waals surface area contributed by atoms with Crippen LogP contribution in [0.2, 0.25) is 0 Å². The van der Waals surface area contributed by atoms with Crippen LogP contribution in [0.15, 0.2) is 16.0 Å². The molecule has 0 aliphatic carbocycles. The topological polar surface area (TPSA) is 52.6 Å². The van der Waals surface area contributed by atoms with Crippen LogP contribution >= 0.6 is 42.4 Å². The van der Waals surface area contributed by atoms with Gasteiger partial charge in [-0.1, -0.05) is 40.5 Å². The molecule has 0 aromatic rings. The van der Waals surface area contributed by atoms with Gasteiger partial charge in [0.1, 0.15) is 10.8 Å². The minimum atomic E-state index is -3.77. The van der Waals surface area contributed by atoms with Crippen LogP contribution in [0.1, 0.15) is 13.8 Å². The lowest BCUT2D eigenvalue weighted by molar-refractivity contribution is 0.285. The van der Waals surface area contributed by atoms with Crippen LogP contribution in [0.25, 0.3) is 0 Å². The number of hydrogen-bond acceptors (Lipinski definition) is 4. The molecule has 0 aliphatic heterocycles. The fourth-order valence-electron chi connectivity index (χ4n) is 0.780. The van der Waals surface area contributed by atoms with Gasteiger partial charge in [-0.25, -0.2) is 4.21 Å². The molecule has 0 aromatic heterocycles. The monoisotopic (exact) mass is 340 g/mol. The zero-order chi connectivity index (χ0) is 13.9. The van der Waals surface area contributed by atoms with E-state index in [1.165, 1.54) is 0 Å². The maximum absolute atomic E-state index is 12.1. The van der Waals surface area contributed by atoms with Gasteiger partial charge in [-0.3, -0.25) is 4.57 Å². The van der Waals surface area contributed by atoms with Crippen LogP contribution in [0, 0.1) is 0 Å². The van der Waals surface area contributed by atoms with Gasteiger partial charge in [-0.2, -0.15) is 0 Å². The van der Waals surface area contributed by atoms with E-state index in [2.05, 4.69) is 5.73 Å². The quantitative estimate of drug-likeness (QED) is 0.441. The molecule has 0 bridgehead atoms. The first-order valence-electron chi connectivity index (χ1n) is 4.23. The van der Waals surface area contributed by atoms with Crippen molar-refractivity contribution in [2.75, 3.05) is 14.2 Å². The maximum atomic E-state index is 12.1. The Bertz CT molecular complexity index is 411. The van der Waals surface area contributed by atoms with Crippen molar-refractivity contribution < 1.29 is 17.8 Å². The molecule has 100 valence electrons. The van der Waals surface area contributed by atoms with E-state index in [0.717, 1.165) is 14.2 Å². The highest BCUT2D eigenvalue weighted by Gasteiger charge is 2.42. The van der Waals surface area contributed by atoms with Crippen molar-refractivity contribution in [1.29, 1.82) is 0 Å². The summed E-state index contributed by atoms with van der Waals surface area (Å²) in [5.74, 6) is 0. The zero-order valence-electron chi connectivity index (χ0n) is 9.62. The van der Waals surface area contributed by atoms with Gasteiger partial charge in [0.15, 0.2) is 4.65 Å². The number of halogens is 3. The van der Waals surface area contributed by atoms with Crippen molar-refractivity contribution >= 4 is 53.2 Å². The Morgan fingerprint density at radius 1 is 1.24 bits per heavy atom. The van der Waals surface area contributed by atoms with E-state index in [4.69, 9.17) is 43.9 Å². The molecule has 0 N–H and O–H groups in total. The van der Waals surface area contributed by atoms with E-state index >= 15 is 0 Å². The lowest BCUT2D eigenvalue weighted by atomic mass is 10.4. The molecule has 0 spiro atoms. The van der Waals surface area contributed by atoms with Crippen molar-refractivity contribution in [3.05, 3.63) is 16.0 Å². The highest BCUT2D eigenvalue weighted by Crippen LogP contribution is 2.58. The van der Waals surface area contributed by atoms with Crippen LogP contribution in [0.5, 0.6) is 0 Å². The summed E-state index contributed by atoms with van der Waals surface area (Å²) in [4.78, 5) is 0. The minimum absolute atomic E-state index is 0.303. The molecule has 0 aromatic carbocycles. The van der Waals surface area contributed by atoms with Crippen LogP contribution in [-0.2, 0) is 24.4 Å². The second kappa shape index (κ2) is 6.74. The van der Waals surface area contributed by atoms with Gasteiger partial charge < -0.3 is 9.05 Å². The van der Waals surface area contributed by atoms with E-state index in [-0.39, 0.29) is 4.65 Å². The van der Waals surface area contributed by atoms with Crippen LogP contribution in [0.3, 0.4) is 0 Å². The summed E-state index contributed by atoms with van der Waals surface area (Å²) in [7, 11) is -3.67. The summed E-state index contributed by atoms with van der Waals surface area (Å²) < 4.78 is 31.1. The Kier molecular flexibility index (Phi) is 7.01. The minimum Gasteiger partial charge on any atom is -0.308 e. The third kappa shape index (κ3) is 5.06. The van der Waals surface area contributed by atoms with E-state index in [1.807, 2.05) is 0 Å². The van der Waals surface area contributed by atoms with E-state index < -0.39 is 21.5 Å². The molecule has 4 nitrogen and oxygen atoms in total. The molecule has 0 aliphatic rings. The predicted molar refractivity (Wildman–Crippen MR) is 71.9 cm³/mol. The molecule has 0 radical (unpaired) electrons. The third-order valence-electron chi connectivity index (χ3n) is 1.47. The Hall–Kier alpha value is 0.690. The Balaban J connectivity index is 5.92. The van der Waals surface area contributed by atoms with Crippen molar-refractivity contribution in [2.24, 2.45) is 0 Å². The van der Waals surface area contributed by atoms with Gasteiger partial charge in [0, 0.05) is 14.2 Å². The number of alkyl halides is 3. The predicted octanol–water partition coefficient (Wildman–Crippen LogP) is 3.96. The van der Waals surface area contributed by atoms with Gasteiger partial charge in [0.05, 0.1) is 0 Å². The summed E-state index contributed by atoms with van der Waals surface area (Å²) in [5, 5.41) is 0. The molecular formula is C8H12Cl3O4PS. The van der Waals surface area contributed by atoms with Crippen LogP contribution in [0.4, 0.5) is 0 Å². The summed E-state index contributed by atoms with van der Waals surface area (Å²) in [6.07, 6.45) is 0. The number of rotatable bonds is 4. The average molecular weight is 342 g/mol. The molecule has 17 heavy (non-hydrogen) atoms. The summed E-state index contributed by atoms with van der Waals surface area (Å²) in [6, 6.07) is 0. The summed E-state index contributed by atoms with van der Waals surface area (Å²) in [5.41, 5.74) is 3.19. The Morgan fingerprint density at radius 3 is 1.88 bits per heavy atom. The van der Waals surface area contributed by atoms with E-state index in [1.54, 1.807) is 13.8 Å². The fourth-order valence-corrected chi connectivity index (χ4v) is 4.99. The second-order valence-corrected chi connectivity index (χ2v) is 9.99. The van der Waals surface area contributed by atoms with Crippen molar-refractivity contribution in [3.63, 3.8) is 0 Å². The summed E-state index contributed by atoms with van der Waals surface area (Å²) >= 11 is 16.5. The number of hydrogen-bond donors (Lipinski definition) is 0. The average Bonchev–Trinajstić information content (AvgIpc) is 2.22. The molecule has 0 saturated heterocycles. The van der Waals surface area contributed by atoms with Crippen molar-refractivity contribution in [3.8, 4) is 0 Å². The first-order chi connectivity index (χ1) is 7.58. The molecule has 0 saturated carbocycles. The molecule has 1 atom stereocenters. The lowest BCUT2D eigenvalue weighted by Gasteiger charge is -2.18. The first-order valence-corrected chi connectivity index (χ1v) is 8.06. The number of allylic oxidation sites excluding steroid dienone is 1. The Morgan fingerprint density at radius 2 is 1.65 bits per heavy atom. The third-order valence-corrected chi connectivity index (χ3v) is 6.35. The van der Waals surface area contributed by atoms with Gasteiger partial charge in [0.25, 0.3) is 3.12 Å². The first kappa shape index (κ1) is 17.7. The molecule has 1 unspecified atom stereocenters. The molecular weight excluding hydrogens is 329 g/mol. The Labute approximate surface area is 118 Å². The van der Waals surface area contributed by atoms with Crippen molar-refractivity contribution in [2.45, 2.75) is 17.0 Å². The highest BCUT2D eigenvalue weighted by molar-refractivity contribution is 8.02. The van der Waals surface area contributed by atoms with Crippen LogP contribution < -0.4 is 0 Å². The van der Waals surface area contributed by atoms with Gasteiger partial charge in [-0.15, -0.1) is 0 Å². The van der Waals surface area contributed by atoms with Gasteiger partial charge >= 0.3 is 7.60 Å². The normalized spacial score (nSPS) is 14.1. The lowest BCUT2D eigenvalue weighted by Crippen LogP contribution is -2.14. The molecule has 0 amide bonds. The fraction of sp³-hybridized carbons (Fsp3) is 0.625. The largest absolute Gasteiger partial charge is 0.377 e. The molecule has 0 rings (SSSR count). The molecule has 0 heterocycles. The highest BCUT2D eigenvalue weighted by atomic mass is 35.6. The summed E-state index contributed by atoms with van der Waals surface area (Å²) in [6.45, 7) is 3.32. The smallest absolute Gasteiger partial charge is 0.308 e. The van der Waals surface area contributed by atoms with E-state index in [9.17, 15) is 8.77 Å². The van der Waals surface area contributed by atoms with Crippen LogP contribution in [-0.4, -0.2) is 21.6 Å². The maximum Gasteiger partial charge on any atom is 0.377 e. The SMILES string of the molecule is COP(=O)(OC)C(=C=C(C)C)S(=O)C(Cl)(Cl)Cl. The van der Waals surface area contributed by atoms with E-state index in [0.29, 0.717) is 5.57 Å². The van der Waals surface area contributed by atoms with Crippen molar-refractivity contribution in [1.82, 2.24) is 0 Å². The standard InChI is InChI=1S/C8H12Cl3O4PS/c1-6(2)5-7(16(12,14-3)15-4)17(13)8(9,10)11/h1-4H3. The molecule has 0 fully saturated rings.